The number of thioether (sulfide) groups is 1. The fraction of sp³-hybridized carbons (Fsp3) is 0.308. The molecule has 1 amide bonds. The van der Waals surface area contributed by atoms with E-state index in [9.17, 15) is 19.5 Å². The maximum absolute atomic E-state index is 12.9. The molecular formula is C26H26N4O4S. The van der Waals surface area contributed by atoms with Gasteiger partial charge in [0.2, 0.25) is 11.8 Å². The molecule has 0 aliphatic carbocycles. The summed E-state index contributed by atoms with van der Waals surface area (Å²) in [4.78, 5) is 46.2. The molecule has 4 heterocycles. The predicted octanol–water partition coefficient (Wildman–Crippen LogP) is 2.63. The Morgan fingerprint density at radius 2 is 1.94 bits per heavy atom. The summed E-state index contributed by atoms with van der Waals surface area (Å²) in [6.45, 7) is 1.81. The lowest BCUT2D eigenvalue weighted by molar-refractivity contribution is -0.131. The number of carbonyl (C=O) groups is 1. The number of allylic oxidation sites excluding steroid dienone is 1. The van der Waals surface area contributed by atoms with Crippen LogP contribution in [0.4, 0.5) is 0 Å². The van der Waals surface area contributed by atoms with Crippen molar-refractivity contribution in [2.24, 2.45) is 5.92 Å². The van der Waals surface area contributed by atoms with Gasteiger partial charge in [-0.05, 0) is 24.0 Å². The molecule has 35 heavy (non-hydrogen) atoms. The number of nitrogens with zero attached hydrogens (tertiary/aromatic N) is 3. The van der Waals surface area contributed by atoms with Crippen molar-refractivity contribution in [2.45, 2.75) is 30.5 Å². The van der Waals surface area contributed by atoms with E-state index < -0.39 is 5.56 Å². The number of pyridine rings is 1. The Bertz CT molecular complexity index is 1380. The third-order valence-electron chi connectivity index (χ3n) is 6.57. The van der Waals surface area contributed by atoms with Gasteiger partial charge >= 0.3 is 0 Å². The van der Waals surface area contributed by atoms with Gasteiger partial charge in [0.1, 0.15) is 0 Å². The van der Waals surface area contributed by atoms with E-state index >= 15 is 0 Å². The first-order valence-corrected chi connectivity index (χ1v) is 12.6. The molecule has 0 saturated carbocycles. The molecule has 2 aromatic heterocycles. The monoisotopic (exact) mass is 490 g/mol. The van der Waals surface area contributed by atoms with Crippen LogP contribution in [0.5, 0.6) is 5.88 Å². The highest BCUT2D eigenvalue weighted by atomic mass is 32.2. The van der Waals surface area contributed by atoms with Gasteiger partial charge in [-0.25, -0.2) is 0 Å². The van der Waals surface area contributed by atoms with Gasteiger partial charge in [0.05, 0.1) is 11.3 Å². The average molecular weight is 491 g/mol. The van der Waals surface area contributed by atoms with Crippen molar-refractivity contribution in [1.29, 1.82) is 0 Å². The number of aromatic hydroxyl groups is 1. The number of amides is 1. The summed E-state index contributed by atoms with van der Waals surface area (Å²) in [5.41, 5.74) is 1.78. The van der Waals surface area contributed by atoms with Crippen LogP contribution < -0.4 is 11.1 Å². The first-order chi connectivity index (χ1) is 17.0. The van der Waals surface area contributed by atoms with Gasteiger partial charge in [-0.3, -0.25) is 14.4 Å². The van der Waals surface area contributed by atoms with Crippen LogP contribution >= 0.6 is 11.8 Å². The van der Waals surface area contributed by atoms with Crippen LogP contribution in [0.15, 0.2) is 69.4 Å². The fourth-order valence-corrected chi connectivity index (χ4v) is 5.68. The van der Waals surface area contributed by atoms with Gasteiger partial charge in [-0.2, -0.15) is 4.98 Å². The number of hydrogen-bond acceptors (Lipinski definition) is 6. The van der Waals surface area contributed by atoms with Gasteiger partial charge < -0.3 is 19.6 Å². The van der Waals surface area contributed by atoms with Gasteiger partial charge in [0.15, 0.2) is 5.16 Å². The molecule has 9 heteroatoms. The average Bonchev–Trinajstić information content (AvgIpc) is 2.85. The van der Waals surface area contributed by atoms with E-state index in [1.54, 1.807) is 18.2 Å². The second kappa shape index (κ2) is 9.95. The summed E-state index contributed by atoms with van der Waals surface area (Å²) in [7, 11) is 0. The van der Waals surface area contributed by atoms with Crippen LogP contribution in [-0.2, 0) is 17.8 Å². The molecule has 2 aliphatic rings. The zero-order chi connectivity index (χ0) is 24.4. The minimum Gasteiger partial charge on any atom is -0.493 e. The normalized spacial score (nSPS) is 19.0. The van der Waals surface area contributed by atoms with Crippen molar-refractivity contribution in [3.05, 3.63) is 92.1 Å². The van der Waals surface area contributed by atoms with E-state index in [1.807, 2.05) is 51.9 Å². The van der Waals surface area contributed by atoms with Crippen LogP contribution in [0.1, 0.15) is 29.2 Å². The molecule has 2 N–H and O–H groups in total. The van der Waals surface area contributed by atoms with Crippen LogP contribution in [0.3, 0.4) is 0 Å². The Morgan fingerprint density at radius 1 is 1.11 bits per heavy atom. The summed E-state index contributed by atoms with van der Waals surface area (Å²) in [6, 6.07) is 15.0. The van der Waals surface area contributed by atoms with E-state index in [4.69, 9.17) is 0 Å². The molecule has 0 unspecified atom stereocenters. The maximum atomic E-state index is 12.9. The van der Waals surface area contributed by atoms with E-state index in [1.165, 1.54) is 0 Å². The lowest BCUT2D eigenvalue weighted by atomic mass is 9.83. The molecule has 0 spiro atoms. The Hall–Kier alpha value is -3.59. The number of likely N-dealkylation sites (tertiary alicyclic amines) is 1. The topological polar surface area (TPSA) is 108 Å². The summed E-state index contributed by atoms with van der Waals surface area (Å²) >= 11 is 1.10. The van der Waals surface area contributed by atoms with Crippen molar-refractivity contribution < 1.29 is 9.90 Å². The minimum absolute atomic E-state index is 0.0152. The van der Waals surface area contributed by atoms with Crippen molar-refractivity contribution in [1.82, 2.24) is 19.4 Å². The van der Waals surface area contributed by atoms with Crippen molar-refractivity contribution in [2.75, 3.05) is 18.8 Å². The van der Waals surface area contributed by atoms with Crippen LogP contribution in [-0.4, -0.2) is 49.3 Å². The number of H-pyrrole nitrogens is 1. The quantitative estimate of drug-likeness (QED) is 0.406. The van der Waals surface area contributed by atoms with E-state index in [0.717, 1.165) is 29.4 Å². The molecule has 1 fully saturated rings. The number of aromatic nitrogens is 3. The van der Waals surface area contributed by atoms with E-state index in [2.05, 4.69) is 9.97 Å². The highest BCUT2D eigenvalue weighted by Crippen LogP contribution is 2.35. The summed E-state index contributed by atoms with van der Waals surface area (Å²) < 4.78 is 1.84. The Morgan fingerprint density at radius 3 is 2.74 bits per heavy atom. The standard InChI is InChI=1S/C26H26N4O4S/c31-22-11-5-10-21-19-12-18(14-30(21)22)13-29(15-19)23(32)16-35-26-27-24(33)20(25(34)28-26)9-4-8-17-6-2-1-3-7-17/h1-8,10-11,18-19H,9,12-16H2,(H2,27,28,33,34)/b8-4+/t18-,19+/m0/s1. The predicted molar refractivity (Wildman–Crippen MR) is 135 cm³/mol. The molecule has 3 aromatic rings. The lowest BCUT2D eigenvalue weighted by Crippen LogP contribution is -2.49. The van der Waals surface area contributed by atoms with Gasteiger partial charge in [-0.1, -0.05) is 60.3 Å². The first kappa shape index (κ1) is 23.2. The molecule has 0 radical (unpaired) electrons. The summed E-state index contributed by atoms with van der Waals surface area (Å²) in [6.07, 6.45) is 4.90. The Labute approximate surface area is 206 Å². The molecule has 8 nitrogen and oxygen atoms in total. The lowest BCUT2D eigenvalue weighted by Gasteiger charge is -2.42. The number of fused-ring (bicyclic) bond motifs is 4. The van der Waals surface area contributed by atoms with E-state index in [0.29, 0.717) is 19.6 Å². The van der Waals surface area contributed by atoms with Crippen LogP contribution in [0, 0.1) is 5.92 Å². The number of piperidine rings is 1. The Kier molecular flexibility index (Phi) is 6.59. The molecule has 1 aromatic carbocycles. The van der Waals surface area contributed by atoms with Crippen molar-refractivity contribution in [3.8, 4) is 5.88 Å². The number of benzene rings is 1. The Balaban J connectivity index is 1.21. The van der Waals surface area contributed by atoms with E-state index in [-0.39, 0.29) is 52.1 Å². The summed E-state index contributed by atoms with van der Waals surface area (Å²) in [5.74, 6) is 0.136. The number of carbonyl (C=O) groups excluding carboxylic acids is 1. The van der Waals surface area contributed by atoms with Crippen LogP contribution in [0.2, 0.25) is 0 Å². The summed E-state index contributed by atoms with van der Waals surface area (Å²) in [5, 5.41) is 10.5. The highest BCUT2D eigenvalue weighted by molar-refractivity contribution is 7.99. The molecule has 5 rings (SSSR count). The molecule has 2 bridgehead atoms. The highest BCUT2D eigenvalue weighted by Gasteiger charge is 2.36. The SMILES string of the molecule is O=C(CSc1nc(O)c(C/C=C/c2ccccc2)c(=O)[nH]1)N1C[C@@H]2C[C@H](C1)c1cccc(=O)n1C2. The van der Waals surface area contributed by atoms with Crippen molar-refractivity contribution >= 4 is 23.7 Å². The van der Waals surface area contributed by atoms with Gasteiger partial charge in [0, 0.05) is 43.7 Å². The molecular weight excluding hydrogens is 464 g/mol. The zero-order valence-corrected chi connectivity index (χ0v) is 19.9. The molecule has 2 atom stereocenters. The molecule has 2 aliphatic heterocycles. The van der Waals surface area contributed by atoms with Gasteiger partial charge in [-0.15, -0.1) is 0 Å². The third kappa shape index (κ3) is 5.09. The second-order valence-electron chi connectivity index (χ2n) is 8.98. The van der Waals surface area contributed by atoms with Crippen molar-refractivity contribution in [3.63, 3.8) is 0 Å². The van der Waals surface area contributed by atoms with Crippen LogP contribution in [0.25, 0.3) is 6.08 Å². The molecule has 180 valence electrons. The van der Waals surface area contributed by atoms with Gasteiger partial charge in [0.25, 0.3) is 11.1 Å². The smallest absolute Gasteiger partial charge is 0.258 e. The maximum Gasteiger partial charge on any atom is 0.258 e. The zero-order valence-electron chi connectivity index (χ0n) is 19.1. The first-order valence-electron chi connectivity index (χ1n) is 11.6. The number of hydrogen-bond donors (Lipinski definition) is 2. The fourth-order valence-electron chi connectivity index (χ4n) is 4.92. The number of rotatable bonds is 6. The molecule has 1 saturated heterocycles. The number of aromatic amines is 1. The third-order valence-corrected chi connectivity index (χ3v) is 7.43. The number of nitrogens with one attached hydrogen (secondary N) is 1. The largest absolute Gasteiger partial charge is 0.493 e. The minimum atomic E-state index is -0.417. The second-order valence-corrected chi connectivity index (χ2v) is 9.94.